The summed E-state index contributed by atoms with van der Waals surface area (Å²) in [7, 11) is 0. The lowest BCUT2D eigenvalue weighted by atomic mass is 10.1. The summed E-state index contributed by atoms with van der Waals surface area (Å²) in [4.78, 5) is 12.3. The molecule has 0 fully saturated rings. The molecule has 0 aliphatic heterocycles. The molecule has 0 N–H and O–H groups in total. The van der Waals surface area contributed by atoms with Crippen molar-refractivity contribution in [2.75, 3.05) is 0 Å². The van der Waals surface area contributed by atoms with E-state index in [0.717, 1.165) is 10.0 Å². The van der Waals surface area contributed by atoms with Crippen molar-refractivity contribution in [3.63, 3.8) is 0 Å². The fraction of sp³-hybridized carbons (Fsp3) is 0.0455. The molecule has 5 nitrogen and oxygen atoms in total. The first-order valence-corrected chi connectivity index (χ1v) is 9.02. The standard InChI is InChI=1S/C22H13BrN2O3/c23-18-9-7-15(8-10-18)14-27-22(26)16-3-1-5-19(11-16)28-21-6-2-4-17(12-24)20(21)13-25/h1-11H,14H2. The molecule has 0 bridgehead atoms. The van der Waals surface area contributed by atoms with Gasteiger partial charge >= 0.3 is 5.97 Å². The van der Waals surface area contributed by atoms with E-state index in [1.54, 1.807) is 36.4 Å². The van der Waals surface area contributed by atoms with Crippen LogP contribution < -0.4 is 4.74 Å². The van der Waals surface area contributed by atoms with Crippen molar-refractivity contribution in [1.29, 1.82) is 10.5 Å². The SMILES string of the molecule is N#Cc1cccc(Oc2cccc(C(=O)OCc3ccc(Br)cc3)c2)c1C#N. The summed E-state index contributed by atoms with van der Waals surface area (Å²) >= 11 is 3.36. The van der Waals surface area contributed by atoms with Crippen LogP contribution in [0.15, 0.2) is 71.2 Å². The van der Waals surface area contributed by atoms with Gasteiger partial charge in [0.2, 0.25) is 0 Å². The Morgan fingerprint density at radius 1 is 0.964 bits per heavy atom. The molecule has 3 rings (SSSR count). The normalized spacial score (nSPS) is 9.82. The Hall–Kier alpha value is -3.61. The molecule has 6 heteroatoms. The highest BCUT2D eigenvalue weighted by Gasteiger charge is 2.12. The third-order valence-corrected chi connectivity index (χ3v) is 4.37. The first-order valence-electron chi connectivity index (χ1n) is 8.23. The van der Waals surface area contributed by atoms with Gasteiger partial charge in [0.15, 0.2) is 0 Å². The number of carbonyl (C=O) groups is 1. The Kier molecular flexibility index (Phi) is 6.06. The molecule has 3 aromatic carbocycles. The summed E-state index contributed by atoms with van der Waals surface area (Å²) in [6.07, 6.45) is 0. The monoisotopic (exact) mass is 432 g/mol. The molecule has 0 unspecified atom stereocenters. The third kappa shape index (κ3) is 4.56. The number of nitrogens with zero attached hydrogens (tertiary/aromatic N) is 2. The van der Waals surface area contributed by atoms with E-state index in [0.29, 0.717) is 11.3 Å². The van der Waals surface area contributed by atoms with Gasteiger partial charge in [-0.05, 0) is 48.0 Å². The predicted octanol–water partition coefficient (Wildman–Crippen LogP) is 5.34. The maximum absolute atomic E-state index is 12.3. The maximum Gasteiger partial charge on any atom is 0.338 e. The van der Waals surface area contributed by atoms with Crippen LogP contribution in [0.3, 0.4) is 0 Å². The molecule has 0 amide bonds. The lowest BCUT2D eigenvalue weighted by Crippen LogP contribution is -2.05. The number of hydrogen-bond acceptors (Lipinski definition) is 5. The van der Waals surface area contributed by atoms with E-state index in [1.165, 1.54) is 6.07 Å². The van der Waals surface area contributed by atoms with Gasteiger partial charge in [0.25, 0.3) is 0 Å². The average Bonchev–Trinajstić information content (AvgIpc) is 2.73. The number of esters is 1. The van der Waals surface area contributed by atoms with Crippen molar-refractivity contribution in [2.45, 2.75) is 6.61 Å². The first kappa shape index (κ1) is 19.2. The fourth-order valence-electron chi connectivity index (χ4n) is 2.45. The Morgan fingerprint density at radius 3 is 2.43 bits per heavy atom. The zero-order valence-corrected chi connectivity index (χ0v) is 16.1. The summed E-state index contributed by atoms with van der Waals surface area (Å²) in [5.41, 5.74) is 1.57. The van der Waals surface area contributed by atoms with Crippen LogP contribution in [0.1, 0.15) is 27.0 Å². The van der Waals surface area contributed by atoms with Crippen LogP contribution in [-0.4, -0.2) is 5.97 Å². The number of carbonyl (C=O) groups excluding carboxylic acids is 1. The van der Waals surface area contributed by atoms with Gasteiger partial charge in [0.05, 0.1) is 11.1 Å². The zero-order chi connectivity index (χ0) is 19.9. The summed E-state index contributed by atoms with van der Waals surface area (Å²) in [6, 6.07) is 22.6. The molecular weight excluding hydrogens is 420 g/mol. The van der Waals surface area contributed by atoms with E-state index < -0.39 is 5.97 Å². The van der Waals surface area contributed by atoms with E-state index in [1.807, 2.05) is 36.4 Å². The highest BCUT2D eigenvalue weighted by Crippen LogP contribution is 2.27. The summed E-state index contributed by atoms with van der Waals surface area (Å²) in [5.74, 6) is 0.131. The third-order valence-electron chi connectivity index (χ3n) is 3.84. The molecule has 0 saturated carbocycles. The molecule has 0 radical (unpaired) electrons. The highest BCUT2D eigenvalue weighted by atomic mass is 79.9. The smallest absolute Gasteiger partial charge is 0.338 e. The van der Waals surface area contributed by atoms with Crippen molar-refractivity contribution < 1.29 is 14.3 Å². The Labute approximate surface area is 170 Å². The van der Waals surface area contributed by atoms with Gasteiger partial charge in [0.1, 0.15) is 35.8 Å². The largest absolute Gasteiger partial charge is 0.457 e. The van der Waals surface area contributed by atoms with Gasteiger partial charge in [-0.2, -0.15) is 10.5 Å². The van der Waals surface area contributed by atoms with Crippen molar-refractivity contribution in [3.05, 3.63) is 93.5 Å². The minimum atomic E-state index is -0.486. The van der Waals surface area contributed by atoms with Crippen LogP contribution in [-0.2, 0) is 11.3 Å². The van der Waals surface area contributed by atoms with E-state index in [9.17, 15) is 10.1 Å². The van der Waals surface area contributed by atoms with E-state index in [2.05, 4.69) is 15.9 Å². The predicted molar refractivity (Wildman–Crippen MR) is 106 cm³/mol. The van der Waals surface area contributed by atoms with Gasteiger partial charge in [-0.3, -0.25) is 0 Å². The summed E-state index contributed by atoms with van der Waals surface area (Å²) in [5, 5.41) is 18.4. The molecule has 0 aromatic heterocycles. The van der Waals surface area contributed by atoms with Gasteiger partial charge in [0, 0.05) is 4.47 Å². The van der Waals surface area contributed by atoms with E-state index >= 15 is 0 Å². The molecule has 0 spiro atoms. The molecular formula is C22H13BrN2O3. The summed E-state index contributed by atoms with van der Waals surface area (Å²) in [6.45, 7) is 0.153. The fourth-order valence-corrected chi connectivity index (χ4v) is 2.72. The van der Waals surface area contributed by atoms with Crippen LogP contribution in [0.4, 0.5) is 0 Å². The van der Waals surface area contributed by atoms with Crippen LogP contribution in [0.5, 0.6) is 11.5 Å². The van der Waals surface area contributed by atoms with E-state index in [4.69, 9.17) is 14.7 Å². The molecule has 0 aliphatic rings. The number of benzene rings is 3. The molecule has 0 saturated heterocycles. The quantitative estimate of drug-likeness (QED) is 0.507. The Balaban J connectivity index is 1.74. The zero-order valence-electron chi connectivity index (χ0n) is 14.6. The number of rotatable bonds is 5. The topological polar surface area (TPSA) is 83.1 Å². The molecule has 28 heavy (non-hydrogen) atoms. The van der Waals surface area contributed by atoms with E-state index in [-0.39, 0.29) is 23.5 Å². The van der Waals surface area contributed by atoms with Crippen LogP contribution >= 0.6 is 15.9 Å². The van der Waals surface area contributed by atoms with Crippen LogP contribution in [0, 0.1) is 22.7 Å². The Bertz CT molecular complexity index is 1100. The van der Waals surface area contributed by atoms with Crippen molar-refractivity contribution in [2.24, 2.45) is 0 Å². The minimum absolute atomic E-state index is 0.146. The second-order valence-electron chi connectivity index (χ2n) is 5.73. The molecule has 0 atom stereocenters. The molecule has 0 aliphatic carbocycles. The van der Waals surface area contributed by atoms with Gasteiger partial charge in [-0.1, -0.05) is 40.2 Å². The molecule has 136 valence electrons. The second kappa shape index (κ2) is 8.85. The van der Waals surface area contributed by atoms with Crippen molar-refractivity contribution >= 4 is 21.9 Å². The van der Waals surface area contributed by atoms with Crippen molar-refractivity contribution in [3.8, 4) is 23.6 Å². The molecule has 0 heterocycles. The lowest BCUT2D eigenvalue weighted by molar-refractivity contribution is 0.0472. The lowest BCUT2D eigenvalue weighted by Gasteiger charge is -2.10. The van der Waals surface area contributed by atoms with Crippen molar-refractivity contribution in [1.82, 2.24) is 0 Å². The van der Waals surface area contributed by atoms with Gasteiger partial charge in [-0.25, -0.2) is 4.79 Å². The summed E-state index contributed by atoms with van der Waals surface area (Å²) < 4.78 is 12.0. The molecule has 3 aromatic rings. The average molecular weight is 433 g/mol. The van der Waals surface area contributed by atoms with Gasteiger partial charge < -0.3 is 9.47 Å². The van der Waals surface area contributed by atoms with Crippen LogP contribution in [0.2, 0.25) is 0 Å². The number of nitriles is 2. The highest BCUT2D eigenvalue weighted by molar-refractivity contribution is 9.10. The van der Waals surface area contributed by atoms with Gasteiger partial charge in [-0.15, -0.1) is 0 Å². The number of halogens is 1. The first-order chi connectivity index (χ1) is 13.6. The minimum Gasteiger partial charge on any atom is -0.457 e. The maximum atomic E-state index is 12.3. The number of hydrogen-bond donors (Lipinski definition) is 0. The van der Waals surface area contributed by atoms with Crippen LogP contribution in [0.25, 0.3) is 0 Å². The number of ether oxygens (including phenoxy) is 2. The second-order valence-corrected chi connectivity index (χ2v) is 6.65. The Morgan fingerprint density at radius 2 is 1.71 bits per heavy atom.